The van der Waals surface area contributed by atoms with Crippen LogP contribution in [0.5, 0.6) is 0 Å². The van der Waals surface area contributed by atoms with E-state index in [2.05, 4.69) is 51.1 Å². The lowest BCUT2D eigenvalue weighted by molar-refractivity contribution is 0.288. The van der Waals surface area contributed by atoms with Crippen LogP contribution < -0.4 is 4.90 Å². The fraction of sp³-hybridized carbons (Fsp3) is 0.353. The normalized spacial score (nSPS) is 15.6. The highest BCUT2D eigenvalue weighted by Gasteiger charge is 2.18. The van der Waals surface area contributed by atoms with E-state index >= 15 is 0 Å². The largest absolute Gasteiger partial charge is 0.346 e. The van der Waals surface area contributed by atoms with Gasteiger partial charge in [-0.1, -0.05) is 30.0 Å². The van der Waals surface area contributed by atoms with Gasteiger partial charge in [-0.05, 0) is 19.1 Å². The third-order valence-corrected chi connectivity index (χ3v) is 4.58. The highest BCUT2D eigenvalue weighted by atomic mass is 32.1. The maximum absolute atomic E-state index is 4.56. The molecule has 0 atom stereocenters. The molecule has 3 rings (SSSR count). The van der Waals surface area contributed by atoms with Crippen LogP contribution in [0.2, 0.25) is 0 Å². The lowest BCUT2D eigenvalue weighted by Crippen LogP contribution is -2.46. The van der Waals surface area contributed by atoms with Crippen molar-refractivity contribution in [3.05, 3.63) is 47.0 Å². The summed E-state index contributed by atoms with van der Waals surface area (Å²) in [4.78, 5) is 9.34. The zero-order chi connectivity index (χ0) is 14.5. The van der Waals surface area contributed by atoms with Crippen molar-refractivity contribution in [3.8, 4) is 11.8 Å². The molecule has 3 nitrogen and oxygen atoms in total. The van der Waals surface area contributed by atoms with Crippen LogP contribution in [0.4, 0.5) is 5.13 Å². The van der Waals surface area contributed by atoms with Gasteiger partial charge in [0.25, 0.3) is 0 Å². The molecule has 0 radical (unpaired) electrons. The standard InChI is InChI=1S/C17H19N3S/c1-15-14-21-17(18-15)20-12-10-19(11-13-20)9-5-8-16-6-3-2-4-7-16/h2-4,6-7,14H,9-13H2,1H3. The molecule has 21 heavy (non-hydrogen) atoms. The fourth-order valence-corrected chi connectivity index (χ4v) is 3.22. The topological polar surface area (TPSA) is 19.4 Å². The minimum absolute atomic E-state index is 0.847. The molecule has 0 spiro atoms. The maximum atomic E-state index is 4.56. The summed E-state index contributed by atoms with van der Waals surface area (Å²) in [7, 11) is 0. The van der Waals surface area contributed by atoms with E-state index in [9.17, 15) is 0 Å². The van der Waals surface area contributed by atoms with Gasteiger partial charge in [-0.25, -0.2) is 4.98 Å². The molecule has 0 N–H and O–H groups in total. The third-order valence-electron chi connectivity index (χ3n) is 3.56. The van der Waals surface area contributed by atoms with E-state index in [-0.39, 0.29) is 0 Å². The predicted octanol–water partition coefficient (Wildman–Crippen LogP) is 2.63. The summed E-state index contributed by atoms with van der Waals surface area (Å²) in [5.41, 5.74) is 2.21. The van der Waals surface area contributed by atoms with Crippen molar-refractivity contribution in [2.45, 2.75) is 6.92 Å². The van der Waals surface area contributed by atoms with Crippen LogP contribution in [0.1, 0.15) is 11.3 Å². The van der Waals surface area contributed by atoms with E-state index in [1.807, 2.05) is 18.2 Å². The van der Waals surface area contributed by atoms with E-state index in [1.54, 1.807) is 11.3 Å². The Labute approximate surface area is 130 Å². The molecular weight excluding hydrogens is 278 g/mol. The summed E-state index contributed by atoms with van der Waals surface area (Å²) in [6.07, 6.45) is 0. The number of hydrogen-bond donors (Lipinski definition) is 0. The molecule has 1 aliphatic rings. The first kappa shape index (κ1) is 14.1. The van der Waals surface area contributed by atoms with Crippen LogP contribution in [-0.2, 0) is 0 Å². The van der Waals surface area contributed by atoms with Gasteiger partial charge in [-0.15, -0.1) is 11.3 Å². The predicted molar refractivity (Wildman–Crippen MR) is 88.8 cm³/mol. The van der Waals surface area contributed by atoms with Crippen molar-refractivity contribution in [2.24, 2.45) is 0 Å². The zero-order valence-electron chi connectivity index (χ0n) is 12.2. The SMILES string of the molecule is Cc1csc(N2CCN(CC#Cc3ccccc3)CC2)n1. The molecule has 0 bridgehead atoms. The Balaban J connectivity index is 1.49. The molecule has 1 saturated heterocycles. The summed E-state index contributed by atoms with van der Waals surface area (Å²) in [5, 5.41) is 3.27. The van der Waals surface area contributed by atoms with E-state index in [0.717, 1.165) is 49.1 Å². The molecule has 1 aliphatic heterocycles. The highest BCUT2D eigenvalue weighted by Crippen LogP contribution is 2.21. The van der Waals surface area contributed by atoms with Crippen molar-refractivity contribution in [1.29, 1.82) is 0 Å². The van der Waals surface area contributed by atoms with Crippen molar-refractivity contribution in [1.82, 2.24) is 9.88 Å². The monoisotopic (exact) mass is 297 g/mol. The Morgan fingerprint density at radius 3 is 2.57 bits per heavy atom. The number of anilines is 1. The molecule has 0 amide bonds. The summed E-state index contributed by atoms with van der Waals surface area (Å²) < 4.78 is 0. The van der Waals surface area contributed by atoms with E-state index in [0.29, 0.717) is 0 Å². The Morgan fingerprint density at radius 2 is 1.90 bits per heavy atom. The van der Waals surface area contributed by atoms with Gasteiger partial charge >= 0.3 is 0 Å². The second-order valence-corrected chi connectivity index (χ2v) is 6.04. The number of rotatable bonds is 2. The van der Waals surface area contributed by atoms with E-state index in [1.165, 1.54) is 0 Å². The summed E-state index contributed by atoms with van der Waals surface area (Å²) in [6, 6.07) is 10.2. The van der Waals surface area contributed by atoms with Crippen LogP contribution in [0, 0.1) is 18.8 Å². The van der Waals surface area contributed by atoms with Crippen LogP contribution in [0.3, 0.4) is 0 Å². The van der Waals surface area contributed by atoms with E-state index in [4.69, 9.17) is 0 Å². The Morgan fingerprint density at radius 1 is 1.14 bits per heavy atom. The average Bonchev–Trinajstić information content (AvgIpc) is 2.96. The fourth-order valence-electron chi connectivity index (χ4n) is 2.36. The van der Waals surface area contributed by atoms with Gasteiger partial charge in [0, 0.05) is 37.1 Å². The first-order chi connectivity index (χ1) is 10.3. The van der Waals surface area contributed by atoms with Crippen molar-refractivity contribution >= 4 is 16.5 Å². The number of thiazole rings is 1. The minimum Gasteiger partial charge on any atom is -0.346 e. The number of aryl methyl sites for hydroxylation is 1. The third kappa shape index (κ3) is 3.84. The smallest absolute Gasteiger partial charge is 0.185 e. The van der Waals surface area contributed by atoms with Gasteiger partial charge in [0.05, 0.1) is 12.2 Å². The molecule has 2 heterocycles. The van der Waals surface area contributed by atoms with Crippen LogP contribution >= 0.6 is 11.3 Å². The van der Waals surface area contributed by atoms with Gasteiger partial charge in [0.2, 0.25) is 0 Å². The number of benzene rings is 1. The van der Waals surface area contributed by atoms with Gasteiger partial charge in [-0.3, -0.25) is 4.90 Å². The van der Waals surface area contributed by atoms with Crippen LogP contribution in [-0.4, -0.2) is 42.6 Å². The second-order valence-electron chi connectivity index (χ2n) is 5.20. The average molecular weight is 297 g/mol. The number of piperazine rings is 1. The molecule has 1 fully saturated rings. The Kier molecular flexibility index (Phi) is 4.54. The quantitative estimate of drug-likeness (QED) is 0.794. The molecule has 0 saturated carbocycles. The van der Waals surface area contributed by atoms with Crippen LogP contribution in [0.25, 0.3) is 0 Å². The first-order valence-corrected chi connectivity index (χ1v) is 8.12. The van der Waals surface area contributed by atoms with Crippen molar-refractivity contribution < 1.29 is 0 Å². The molecule has 1 aromatic heterocycles. The minimum atomic E-state index is 0.847. The van der Waals surface area contributed by atoms with Crippen molar-refractivity contribution in [3.63, 3.8) is 0 Å². The van der Waals surface area contributed by atoms with Gasteiger partial charge in [-0.2, -0.15) is 0 Å². The lowest BCUT2D eigenvalue weighted by atomic mass is 10.2. The number of aromatic nitrogens is 1. The molecule has 0 unspecified atom stereocenters. The summed E-state index contributed by atoms with van der Waals surface area (Å²) in [5.74, 6) is 6.50. The molecule has 108 valence electrons. The van der Waals surface area contributed by atoms with Gasteiger partial charge in [0.15, 0.2) is 5.13 Å². The molecule has 1 aromatic carbocycles. The molecule has 4 heteroatoms. The van der Waals surface area contributed by atoms with Crippen molar-refractivity contribution in [2.75, 3.05) is 37.6 Å². The van der Waals surface area contributed by atoms with E-state index < -0.39 is 0 Å². The first-order valence-electron chi connectivity index (χ1n) is 7.24. The van der Waals surface area contributed by atoms with Gasteiger partial charge < -0.3 is 4.90 Å². The molecular formula is C17H19N3S. The summed E-state index contributed by atoms with van der Waals surface area (Å²) >= 11 is 1.74. The summed E-state index contributed by atoms with van der Waals surface area (Å²) in [6.45, 7) is 7.10. The second kappa shape index (κ2) is 6.75. The lowest BCUT2D eigenvalue weighted by Gasteiger charge is -2.33. The zero-order valence-corrected chi connectivity index (χ0v) is 13.1. The maximum Gasteiger partial charge on any atom is 0.185 e. The van der Waals surface area contributed by atoms with Gasteiger partial charge in [0.1, 0.15) is 0 Å². The molecule has 0 aliphatic carbocycles. The Bertz CT molecular complexity index is 631. The highest BCUT2D eigenvalue weighted by molar-refractivity contribution is 7.13. The Hall–Kier alpha value is -1.83. The number of nitrogens with zero attached hydrogens (tertiary/aromatic N) is 3. The molecule has 2 aromatic rings. The number of hydrogen-bond acceptors (Lipinski definition) is 4. The van der Waals surface area contributed by atoms with Crippen LogP contribution in [0.15, 0.2) is 35.7 Å².